The predicted octanol–water partition coefficient (Wildman–Crippen LogP) is 3.93. The lowest BCUT2D eigenvalue weighted by Crippen LogP contribution is -2.35. The molecule has 1 aromatic carbocycles. The van der Waals surface area contributed by atoms with Crippen LogP contribution in [-0.4, -0.2) is 16.7 Å². The maximum Gasteiger partial charge on any atom is 0.211 e. The summed E-state index contributed by atoms with van der Waals surface area (Å²) in [6.07, 6.45) is 0. The van der Waals surface area contributed by atoms with Crippen LogP contribution in [0.2, 0.25) is 0 Å². The Hall–Kier alpha value is -0.540. The molecule has 0 fully saturated rings. The minimum Gasteiger partial charge on any atom is -0.471 e. The van der Waals surface area contributed by atoms with Gasteiger partial charge in [-0.2, -0.15) is 0 Å². The number of carbonyl (C=O) groups excluding carboxylic acids is 1. The quantitative estimate of drug-likeness (QED) is 0.769. The Labute approximate surface area is 115 Å². The molecule has 1 atom stereocenters. The molecule has 1 rings (SSSR count). The van der Waals surface area contributed by atoms with Crippen molar-refractivity contribution in [3.8, 4) is 5.75 Å². The molecule has 0 spiro atoms. The van der Waals surface area contributed by atoms with Crippen molar-refractivity contribution >= 4 is 33.3 Å². The second-order valence-corrected chi connectivity index (χ2v) is 5.73. The fraction of sp³-hybridized carbons (Fsp3) is 0.462. The molecule has 0 heterocycles. The molecule has 0 amide bonds. The van der Waals surface area contributed by atoms with Gasteiger partial charge in [0.25, 0.3) is 0 Å². The lowest BCUT2D eigenvalue weighted by Gasteiger charge is -2.23. The number of alkyl halides is 2. The van der Waals surface area contributed by atoms with Gasteiger partial charge in [-0.05, 0) is 35.0 Å². The van der Waals surface area contributed by atoms with Crippen LogP contribution in [0, 0.1) is 12.3 Å². The van der Waals surface area contributed by atoms with Gasteiger partial charge in [-0.15, -0.1) is 11.6 Å². The van der Waals surface area contributed by atoms with Crippen LogP contribution < -0.4 is 4.74 Å². The summed E-state index contributed by atoms with van der Waals surface area (Å²) in [7, 11) is 0. The van der Waals surface area contributed by atoms with E-state index in [1.54, 1.807) is 13.8 Å². The van der Waals surface area contributed by atoms with Crippen molar-refractivity contribution in [3.05, 3.63) is 29.8 Å². The zero-order chi connectivity index (χ0) is 13.1. The lowest BCUT2D eigenvalue weighted by molar-refractivity contribution is -0.129. The second kappa shape index (κ2) is 5.87. The van der Waals surface area contributed by atoms with E-state index in [1.807, 2.05) is 31.2 Å². The molecular formula is C13H16BrClO2. The first-order valence-electron chi connectivity index (χ1n) is 5.34. The minimum atomic E-state index is -0.668. The van der Waals surface area contributed by atoms with E-state index in [-0.39, 0.29) is 11.7 Å². The molecule has 0 aliphatic rings. The summed E-state index contributed by atoms with van der Waals surface area (Å²) in [5, 5.41) is -0.668. The maximum absolute atomic E-state index is 12.0. The van der Waals surface area contributed by atoms with E-state index in [0.717, 1.165) is 5.56 Å². The van der Waals surface area contributed by atoms with Crippen LogP contribution in [0.15, 0.2) is 24.3 Å². The number of rotatable bonds is 5. The third-order valence-electron chi connectivity index (χ3n) is 2.47. The first-order valence-corrected chi connectivity index (χ1v) is 6.79. The topological polar surface area (TPSA) is 26.3 Å². The van der Waals surface area contributed by atoms with Gasteiger partial charge in [0, 0.05) is 11.3 Å². The van der Waals surface area contributed by atoms with E-state index in [9.17, 15) is 4.79 Å². The molecule has 0 saturated carbocycles. The van der Waals surface area contributed by atoms with E-state index >= 15 is 0 Å². The predicted molar refractivity (Wildman–Crippen MR) is 74.0 cm³/mol. The fourth-order valence-corrected chi connectivity index (χ4v) is 2.13. The van der Waals surface area contributed by atoms with Crippen LogP contribution in [0.4, 0.5) is 0 Å². The highest BCUT2D eigenvalue weighted by Gasteiger charge is 2.32. The van der Waals surface area contributed by atoms with Gasteiger partial charge < -0.3 is 4.74 Å². The van der Waals surface area contributed by atoms with Gasteiger partial charge >= 0.3 is 0 Å². The van der Waals surface area contributed by atoms with Crippen molar-refractivity contribution in [2.75, 3.05) is 5.88 Å². The Morgan fingerprint density at radius 2 is 1.94 bits per heavy atom. The van der Waals surface area contributed by atoms with E-state index in [4.69, 9.17) is 16.3 Å². The van der Waals surface area contributed by atoms with Gasteiger partial charge in [0.05, 0.1) is 0 Å². The van der Waals surface area contributed by atoms with E-state index in [2.05, 4.69) is 15.9 Å². The number of ether oxygens (including phenoxy) is 1. The van der Waals surface area contributed by atoms with Gasteiger partial charge in [-0.1, -0.05) is 31.5 Å². The van der Waals surface area contributed by atoms with Gasteiger partial charge in [0.15, 0.2) is 5.78 Å². The van der Waals surface area contributed by atoms with Crippen molar-refractivity contribution in [2.24, 2.45) is 5.41 Å². The minimum absolute atomic E-state index is 0.0620. The Morgan fingerprint density at radius 1 is 1.41 bits per heavy atom. The number of hydrogen-bond donors (Lipinski definition) is 0. The smallest absolute Gasteiger partial charge is 0.211 e. The summed E-state index contributed by atoms with van der Waals surface area (Å²) >= 11 is 9.00. The molecule has 1 unspecified atom stereocenters. The Balaban J connectivity index is 2.69. The zero-order valence-electron chi connectivity index (χ0n) is 10.2. The molecule has 0 radical (unpaired) electrons. The normalized spacial score (nSPS) is 13.2. The van der Waals surface area contributed by atoms with E-state index in [1.165, 1.54) is 0 Å². The SMILES string of the molecule is Cc1ccc(OC(Br)C(=O)C(C)(C)CCl)cc1. The summed E-state index contributed by atoms with van der Waals surface area (Å²) in [4.78, 5) is 12.0. The number of hydrogen-bond acceptors (Lipinski definition) is 2. The third-order valence-corrected chi connectivity index (χ3v) is 3.74. The molecule has 1 aromatic rings. The second-order valence-electron chi connectivity index (χ2n) is 4.63. The highest BCUT2D eigenvalue weighted by molar-refractivity contribution is 9.09. The Morgan fingerprint density at radius 3 is 2.41 bits per heavy atom. The van der Waals surface area contributed by atoms with Crippen LogP contribution in [0.1, 0.15) is 19.4 Å². The molecule has 0 saturated heterocycles. The van der Waals surface area contributed by atoms with Crippen LogP contribution >= 0.6 is 27.5 Å². The molecule has 2 nitrogen and oxygen atoms in total. The highest BCUT2D eigenvalue weighted by atomic mass is 79.9. The third kappa shape index (κ3) is 4.00. The van der Waals surface area contributed by atoms with Crippen LogP contribution in [0.5, 0.6) is 5.75 Å². The lowest BCUT2D eigenvalue weighted by atomic mass is 9.91. The molecule has 0 aliphatic heterocycles. The summed E-state index contributed by atoms with van der Waals surface area (Å²) in [6, 6.07) is 7.55. The summed E-state index contributed by atoms with van der Waals surface area (Å²) in [6.45, 7) is 5.60. The molecule has 4 heteroatoms. The van der Waals surface area contributed by atoms with Crippen molar-refractivity contribution in [1.82, 2.24) is 0 Å². The number of ketones is 1. The van der Waals surface area contributed by atoms with Crippen LogP contribution in [0.25, 0.3) is 0 Å². The Bertz CT molecular complexity index is 387. The summed E-state index contributed by atoms with van der Waals surface area (Å²) in [5.74, 6) is 0.870. The average Bonchev–Trinajstić information content (AvgIpc) is 2.31. The molecule has 0 N–H and O–H groups in total. The molecule has 0 aromatic heterocycles. The van der Waals surface area contributed by atoms with E-state index in [0.29, 0.717) is 5.75 Å². The van der Waals surface area contributed by atoms with Gasteiger partial charge in [0.1, 0.15) is 5.75 Å². The highest BCUT2D eigenvalue weighted by Crippen LogP contribution is 2.25. The monoisotopic (exact) mass is 318 g/mol. The molecule has 17 heavy (non-hydrogen) atoms. The first-order chi connectivity index (χ1) is 7.86. The van der Waals surface area contributed by atoms with Gasteiger partial charge in [-0.3, -0.25) is 4.79 Å². The molecule has 0 bridgehead atoms. The largest absolute Gasteiger partial charge is 0.471 e. The number of benzene rings is 1. The number of carbonyl (C=O) groups is 1. The first kappa shape index (κ1) is 14.5. The van der Waals surface area contributed by atoms with Crippen molar-refractivity contribution in [3.63, 3.8) is 0 Å². The van der Waals surface area contributed by atoms with Gasteiger partial charge in [0.2, 0.25) is 5.01 Å². The number of Topliss-reactive ketones (excluding diaryl/α,β-unsaturated/α-hetero) is 1. The van der Waals surface area contributed by atoms with Crippen LogP contribution in [-0.2, 0) is 4.79 Å². The zero-order valence-corrected chi connectivity index (χ0v) is 12.5. The Kier molecular flexibility index (Phi) is 5.02. The average molecular weight is 320 g/mol. The maximum atomic E-state index is 12.0. The number of aryl methyl sites for hydroxylation is 1. The fourth-order valence-electron chi connectivity index (χ4n) is 1.16. The van der Waals surface area contributed by atoms with Crippen molar-refractivity contribution in [2.45, 2.75) is 25.8 Å². The summed E-state index contributed by atoms with van der Waals surface area (Å²) < 4.78 is 5.53. The molecule has 0 aliphatic carbocycles. The molecule has 94 valence electrons. The standard InChI is InChI=1S/C13H16BrClO2/c1-9-4-6-10(7-5-9)17-12(14)11(16)13(2,3)8-15/h4-7,12H,8H2,1-3H3. The van der Waals surface area contributed by atoms with Gasteiger partial charge in [-0.25, -0.2) is 0 Å². The molecular weight excluding hydrogens is 303 g/mol. The van der Waals surface area contributed by atoms with E-state index < -0.39 is 10.4 Å². The van der Waals surface area contributed by atoms with Crippen molar-refractivity contribution in [1.29, 1.82) is 0 Å². The number of halogens is 2. The van der Waals surface area contributed by atoms with Crippen molar-refractivity contribution < 1.29 is 9.53 Å². The summed E-state index contributed by atoms with van der Waals surface area (Å²) in [5.41, 5.74) is 0.552. The van der Waals surface area contributed by atoms with Crippen LogP contribution in [0.3, 0.4) is 0 Å².